The fraction of sp³-hybridized carbons (Fsp3) is 0.759. The van der Waals surface area contributed by atoms with Gasteiger partial charge in [0.1, 0.15) is 6.61 Å². The molecule has 0 saturated heterocycles. The molecule has 0 aromatic heterocycles. The third kappa shape index (κ3) is 42.3. The Morgan fingerprint density at radius 2 is 0.968 bits per heavy atom. The predicted octanol–water partition coefficient (Wildman–Crippen LogP) is 14.5. The Morgan fingerprint density at radius 1 is 0.516 bits per heavy atom. The Labute approximate surface area is 381 Å². The molecular weight excluding hydrogens is 775 g/mol. The summed E-state index contributed by atoms with van der Waals surface area (Å²) in [5.41, 5.74) is 0. The zero-order chi connectivity index (χ0) is 45.6. The first-order valence-corrected chi connectivity index (χ1v) is 25.4. The third-order valence-corrected chi connectivity index (χ3v) is 11.2. The summed E-state index contributed by atoms with van der Waals surface area (Å²) in [6.45, 7) is 4.60. The SMILES string of the molecule is CC/C=C/C=C/C=C/CCCCCCCCCC(=O)OCC(COCCC(C(=O)O)[N+](C)(C)C)OC(=O)CCCCCCCCC/C=C/C/C=C/CCCCCCCCCCC. The number of carboxylic acids is 1. The molecule has 0 radical (unpaired) electrons. The van der Waals surface area contributed by atoms with Gasteiger partial charge in [0.05, 0.1) is 34.4 Å². The summed E-state index contributed by atoms with van der Waals surface area (Å²) in [5, 5.41) is 9.65. The van der Waals surface area contributed by atoms with Crippen LogP contribution in [0.2, 0.25) is 0 Å². The van der Waals surface area contributed by atoms with Gasteiger partial charge in [-0.3, -0.25) is 9.59 Å². The first kappa shape index (κ1) is 59.0. The molecule has 8 heteroatoms. The van der Waals surface area contributed by atoms with Crippen LogP contribution in [0, 0.1) is 0 Å². The fourth-order valence-corrected chi connectivity index (χ4v) is 7.30. The predicted molar refractivity (Wildman–Crippen MR) is 261 cm³/mol. The van der Waals surface area contributed by atoms with E-state index in [0.29, 0.717) is 19.3 Å². The molecule has 0 aliphatic heterocycles. The van der Waals surface area contributed by atoms with E-state index >= 15 is 0 Å². The van der Waals surface area contributed by atoms with Gasteiger partial charge in [0.25, 0.3) is 0 Å². The highest BCUT2D eigenvalue weighted by atomic mass is 16.6. The van der Waals surface area contributed by atoms with E-state index in [1.54, 1.807) is 0 Å². The minimum atomic E-state index is -0.879. The van der Waals surface area contributed by atoms with Crippen molar-refractivity contribution in [3.05, 3.63) is 60.8 Å². The van der Waals surface area contributed by atoms with Crippen LogP contribution < -0.4 is 0 Å². The summed E-state index contributed by atoms with van der Waals surface area (Å²) in [6.07, 6.45) is 55.6. The third-order valence-electron chi connectivity index (χ3n) is 11.2. The number of carboxylic acid groups (broad SMARTS) is 1. The van der Waals surface area contributed by atoms with Gasteiger partial charge in [-0.25, -0.2) is 4.79 Å². The number of quaternary nitrogens is 1. The van der Waals surface area contributed by atoms with Crippen molar-refractivity contribution in [1.29, 1.82) is 0 Å². The zero-order valence-corrected chi connectivity index (χ0v) is 40.8. The van der Waals surface area contributed by atoms with Gasteiger partial charge in [0, 0.05) is 19.3 Å². The largest absolute Gasteiger partial charge is 0.477 e. The van der Waals surface area contributed by atoms with Crippen LogP contribution in [0.15, 0.2) is 60.8 Å². The molecule has 0 heterocycles. The molecule has 0 fully saturated rings. The Hall–Kier alpha value is -2.97. The summed E-state index contributed by atoms with van der Waals surface area (Å²) < 4.78 is 17.3. The Balaban J connectivity index is 4.26. The van der Waals surface area contributed by atoms with Crippen molar-refractivity contribution < 1.29 is 38.2 Å². The lowest BCUT2D eigenvalue weighted by Crippen LogP contribution is -2.50. The number of allylic oxidation sites excluding steroid dienone is 10. The van der Waals surface area contributed by atoms with Gasteiger partial charge in [-0.2, -0.15) is 0 Å². The molecule has 2 atom stereocenters. The minimum Gasteiger partial charge on any atom is -0.477 e. The second-order valence-corrected chi connectivity index (χ2v) is 18.1. The van der Waals surface area contributed by atoms with Crippen molar-refractivity contribution in [3.63, 3.8) is 0 Å². The molecule has 0 amide bonds. The molecule has 8 nitrogen and oxygen atoms in total. The summed E-state index contributed by atoms with van der Waals surface area (Å²) in [6, 6.07) is -0.620. The second-order valence-electron chi connectivity index (χ2n) is 18.1. The van der Waals surface area contributed by atoms with E-state index in [4.69, 9.17) is 14.2 Å². The molecule has 0 aliphatic carbocycles. The van der Waals surface area contributed by atoms with Crippen molar-refractivity contribution in [3.8, 4) is 0 Å². The van der Waals surface area contributed by atoms with E-state index in [9.17, 15) is 19.5 Å². The highest BCUT2D eigenvalue weighted by molar-refractivity contribution is 5.72. The highest BCUT2D eigenvalue weighted by Crippen LogP contribution is 2.15. The Bertz CT molecular complexity index is 1200. The highest BCUT2D eigenvalue weighted by Gasteiger charge is 2.31. The molecule has 0 spiro atoms. The smallest absolute Gasteiger partial charge is 0.362 e. The van der Waals surface area contributed by atoms with Crippen LogP contribution in [0.4, 0.5) is 0 Å². The number of esters is 2. The Morgan fingerprint density at radius 3 is 1.45 bits per heavy atom. The number of nitrogens with zero attached hydrogens (tertiary/aromatic N) is 1. The van der Waals surface area contributed by atoms with E-state index in [0.717, 1.165) is 64.2 Å². The van der Waals surface area contributed by atoms with Gasteiger partial charge >= 0.3 is 17.9 Å². The van der Waals surface area contributed by atoms with Crippen LogP contribution in [0.5, 0.6) is 0 Å². The number of hydrogen-bond donors (Lipinski definition) is 1. The fourth-order valence-electron chi connectivity index (χ4n) is 7.30. The van der Waals surface area contributed by atoms with Gasteiger partial charge < -0.3 is 23.8 Å². The van der Waals surface area contributed by atoms with Gasteiger partial charge in [-0.1, -0.05) is 190 Å². The number of unbranched alkanes of at least 4 members (excludes halogenated alkanes) is 23. The van der Waals surface area contributed by atoms with Gasteiger partial charge in [-0.05, 0) is 64.2 Å². The van der Waals surface area contributed by atoms with E-state index in [1.807, 2.05) is 21.1 Å². The molecule has 0 aliphatic rings. The molecule has 0 aromatic carbocycles. The van der Waals surface area contributed by atoms with E-state index in [2.05, 4.69) is 74.6 Å². The van der Waals surface area contributed by atoms with Crippen molar-refractivity contribution >= 4 is 17.9 Å². The van der Waals surface area contributed by atoms with E-state index < -0.39 is 18.1 Å². The molecule has 62 heavy (non-hydrogen) atoms. The standard InChI is InChI=1S/C54H95NO7/c1-6-8-10-12-14-16-18-20-22-23-24-25-26-27-28-29-31-33-35-37-39-41-43-45-53(57)62-50(48-60-47-46-51(54(58)59)55(3,4)5)49-61-52(56)44-42-40-38-36-34-32-30-21-19-17-15-13-11-9-7-2/h9,11,13,15,17,19,24-25,27-28,50-51H,6-8,10,12,14,16,18,20-23,26,29-49H2,1-5H3/p+1/b11-9+,15-13+,19-17+,25-24+,28-27+. The average molecular weight is 871 g/mol. The zero-order valence-electron chi connectivity index (χ0n) is 40.8. The van der Waals surface area contributed by atoms with Crippen molar-refractivity contribution in [2.45, 2.75) is 225 Å². The van der Waals surface area contributed by atoms with Crippen LogP contribution in [0.3, 0.4) is 0 Å². The molecule has 0 saturated carbocycles. The molecule has 2 unspecified atom stereocenters. The van der Waals surface area contributed by atoms with Crippen molar-refractivity contribution in [1.82, 2.24) is 0 Å². The van der Waals surface area contributed by atoms with Gasteiger partial charge in [-0.15, -0.1) is 0 Å². The van der Waals surface area contributed by atoms with Crippen LogP contribution in [-0.4, -0.2) is 80.6 Å². The van der Waals surface area contributed by atoms with Crippen molar-refractivity contribution in [2.24, 2.45) is 0 Å². The maximum Gasteiger partial charge on any atom is 0.362 e. The summed E-state index contributed by atoms with van der Waals surface area (Å²) in [5.74, 6) is -1.49. The normalized spacial score (nSPS) is 13.4. The monoisotopic (exact) mass is 871 g/mol. The first-order chi connectivity index (χ1) is 30.1. The number of ether oxygens (including phenoxy) is 3. The summed E-state index contributed by atoms with van der Waals surface area (Å²) >= 11 is 0. The molecule has 0 rings (SSSR count). The molecule has 0 aromatic rings. The van der Waals surface area contributed by atoms with Crippen molar-refractivity contribution in [2.75, 3.05) is 41.0 Å². The van der Waals surface area contributed by atoms with Crippen LogP contribution in [-0.2, 0) is 28.6 Å². The van der Waals surface area contributed by atoms with Gasteiger partial charge in [0.15, 0.2) is 12.1 Å². The summed E-state index contributed by atoms with van der Waals surface area (Å²) in [4.78, 5) is 37.1. The lowest BCUT2D eigenvalue weighted by Gasteiger charge is -2.31. The lowest BCUT2D eigenvalue weighted by molar-refractivity contribution is -0.887. The van der Waals surface area contributed by atoms with Crippen LogP contribution in [0.25, 0.3) is 0 Å². The molecule has 0 bridgehead atoms. The van der Waals surface area contributed by atoms with Crippen LogP contribution in [0.1, 0.15) is 213 Å². The average Bonchev–Trinajstić information content (AvgIpc) is 3.23. The maximum atomic E-state index is 12.8. The summed E-state index contributed by atoms with van der Waals surface area (Å²) in [7, 11) is 5.52. The van der Waals surface area contributed by atoms with Crippen LogP contribution >= 0.6 is 0 Å². The molecular formula is C54H96NO7+. The van der Waals surface area contributed by atoms with E-state index in [-0.39, 0.29) is 36.2 Å². The Kier molecular flexibility index (Phi) is 42.5. The second kappa shape index (κ2) is 44.6. The minimum absolute atomic E-state index is 0.0522. The maximum absolute atomic E-state index is 12.8. The molecule has 358 valence electrons. The van der Waals surface area contributed by atoms with Gasteiger partial charge in [0.2, 0.25) is 0 Å². The first-order valence-electron chi connectivity index (χ1n) is 25.4. The molecule has 1 N–H and O–H groups in total. The topological polar surface area (TPSA) is 99.1 Å². The number of carbonyl (C=O) groups is 3. The quantitative estimate of drug-likeness (QED) is 0.0214. The number of hydrogen-bond acceptors (Lipinski definition) is 6. The number of aliphatic carboxylic acids is 1. The van der Waals surface area contributed by atoms with E-state index in [1.165, 1.54) is 116 Å². The number of carbonyl (C=O) groups excluding carboxylic acids is 2. The number of rotatable bonds is 45. The lowest BCUT2D eigenvalue weighted by atomic mass is 10.1. The number of likely N-dealkylation sites (N-methyl/N-ethyl adjacent to an activating group) is 1.